The number of nitrogens with zero attached hydrogens (tertiary/aromatic N) is 3. The number of benzene rings is 1. The largest absolute Gasteiger partial charge is 1.00 e. The van der Waals surface area contributed by atoms with Gasteiger partial charge < -0.3 is 21.8 Å². The first kappa shape index (κ1) is 18.1. The highest BCUT2D eigenvalue weighted by molar-refractivity contribution is 5.80. The van der Waals surface area contributed by atoms with Crippen LogP contribution in [0.25, 0.3) is 4.85 Å². The van der Waals surface area contributed by atoms with Crippen LogP contribution in [0, 0.1) is 20.4 Å². The van der Waals surface area contributed by atoms with Gasteiger partial charge in [-0.1, -0.05) is 18.2 Å². The molecule has 0 N–H and O–H groups in total. The summed E-state index contributed by atoms with van der Waals surface area (Å²) in [5.41, 5.74) is 3.45. The summed E-state index contributed by atoms with van der Waals surface area (Å²) in [6, 6.07) is 8.00. The van der Waals surface area contributed by atoms with E-state index in [0.717, 1.165) is 16.7 Å². The third-order valence-electron chi connectivity index (χ3n) is 3.64. The van der Waals surface area contributed by atoms with Crippen molar-refractivity contribution in [1.29, 1.82) is 0 Å². The van der Waals surface area contributed by atoms with Gasteiger partial charge in [-0.2, -0.15) is 4.68 Å². The molecule has 5 heteroatoms. The van der Waals surface area contributed by atoms with Crippen molar-refractivity contribution < 1.29 is 26.5 Å². The van der Waals surface area contributed by atoms with Crippen molar-refractivity contribution in [2.75, 3.05) is 6.54 Å². The predicted molar refractivity (Wildman–Crippen MR) is 80.7 cm³/mol. The Balaban J connectivity index is 0.00000242. The fourth-order valence-corrected chi connectivity index (χ4v) is 2.47. The van der Waals surface area contributed by atoms with E-state index in [2.05, 4.69) is 4.85 Å². The topological polar surface area (TPSA) is 30.2 Å². The van der Waals surface area contributed by atoms with E-state index >= 15 is 0 Å². The molecule has 0 radical (unpaired) electrons. The minimum atomic E-state index is 0. The van der Waals surface area contributed by atoms with Crippen LogP contribution in [-0.2, 0) is 24.3 Å². The second-order valence-electron chi connectivity index (χ2n) is 5.22. The number of Topliss-reactive ketones (excluding diaryl/α,β-unsaturated/α-hetero) is 1. The van der Waals surface area contributed by atoms with Crippen LogP contribution >= 0.6 is 0 Å². The molecule has 1 aromatic carbocycles. The third kappa shape index (κ3) is 4.54. The molecule has 0 atom stereocenters. The molecule has 0 spiro atoms. The third-order valence-corrected chi connectivity index (χ3v) is 3.64. The highest BCUT2D eigenvalue weighted by Gasteiger charge is 2.16. The lowest BCUT2D eigenvalue weighted by molar-refractivity contribution is -0.764. The molecule has 2 aromatic rings. The Labute approximate surface area is 142 Å². The monoisotopic (exact) mass is 361 g/mol. The molecule has 22 heavy (non-hydrogen) atoms. The van der Waals surface area contributed by atoms with Crippen molar-refractivity contribution in [2.45, 2.75) is 33.4 Å². The summed E-state index contributed by atoms with van der Waals surface area (Å²) in [4.78, 5) is 15.7. The van der Waals surface area contributed by atoms with Crippen LogP contribution < -0.4 is 21.7 Å². The van der Waals surface area contributed by atoms with Crippen LogP contribution in [0.5, 0.6) is 0 Å². The summed E-state index contributed by atoms with van der Waals surface area (Å²) in [6.45, 7) is 12.3. The molecule has 0 bridgehead atoms. The van der Waals surface area contributed by atoms with Crippen LogP contribution in [0.1, 0.15) is 16.7 Å². The number of ketones is 1. The average molecular weight is 362 g/mol. The Morgan fingerprint density at radius 3 is 2.59 bits per heavy atom. The Morgan fingerprint density at radius 1 is 1.27 bits per heavy atom. The van der Waals surface area contributed by atoms with Gasteiger partial charge in [0.05, 0.1) is 6.20 Å². The average Bonchev–Trinajstić information content (AvgIpc) is 2.88. The molecule has 0 amide bonds. The van der Waals surface area contributed by atoms with Crippen molar-refractivity contribution in [3.05, 3.63) is 64.8 Å². The van der Waals surface area contributed by atoms with Crippen LogP contribution in [0.4, 0.5) is 0 Å². The van der Waals surface area contributed by atoms with Gasteiger partial charge in [0.2, 0.25) is 18.9 Å². The van der Waals surface area contributed by atoms with E-state index in [1.807, 2.05) is 59.9 Å². The van der Waals surface area contributed by atoms with Crippen molar-refractivity contribution in [2.24, 2.45) is 0 Å². The van der Waals surface area contributed by atoms with Gasteiger partial charge in [0, 0.05) is 12.5 Å². The minimum absolute atomic E-state index is 0. The normalized spacial score (nSPS) is 9.86. The maximum Gasteiger partial charge on any atom is 0.237 e. The smallest absolute Gasteiger partial charge is 0.237 e. The van der Waals surface area contributed by atoms with Crippen LogP contribution in [0.3, 0.4) is 0 Å². The van der Waals surface area contributed by atoms with E-state index < -0.39 is 0 Å². The first-order valence-electron chi connectivity index (χ1n) is 7.06. The number of aromatic nitrogens is 2. The Hall–Kier alpha value is -1.93. The Morgan fingerprint density at radius 2 is 1.95 bits per heavy atom. The van der Waals surface area contributed by atoms with Crippen molar-refractivity contribution in [1.82, 2.24) is 4.68 Å². The standard InChI is InChI=1S/C17H20N3O.BrH/c1-14-6-4-7-15(2)17(14)12-16(21)13-20-10-5-9-19(20)11-8-18-3;/h4-7,9-10H,8,11-13H2,1-2H3;1H/q+1;/p-1. The number of carbonyl (C=O) groups excluding carboxylic acids is 1. The summed E-state index contributed by atoms with van der Waals surface area (Å²) < 4.78 is 3.79. The van der Waals surface area contributed by atoms with Gasteiger partial charge in [0.25, 0.3) is 0 Å². The van der Waals surface area contributed by atoms with Gasteiger partial charge in [-0.3, -0.25) is 4.79 Å². The van der Waals surface area contributed by atoms with Crippen molar-refractivity contribution in [3.8, 4) is 0 Å². The maximum absolute atomic E-state index is 12.3. The van der Waals surface area contributed by atoms with Gasteiger partial charge in [-0.15, -0.1) is 4.68 Å². The molecule has 0 saturated heterocycles. The number of aryl methyl sites for hydroxylation is 2. The van der Waals surface area contributed by atoms with Crippen molar-refractivity contribution in [3.63, 3.8) is 0 Å². The van der Waals surface area contributed by atoms with Gasteiger partial charge in [-0.25, -0.2) is 6.57 Å². The first-order valence-corrected chi connectivity index (χ1v) is 7.06. The van der Waals surface area contributed by atoms with Gasteiger partial charge in [0.1, 0.15) is 6.54 Å². The molecule has 1 aromatic heterocycles. The number of hydrogen-bond acceptors (Lipinski definition) is 1. The molecule has 1 heterocycles. The highest BCUT2D eigenvalue weighted by Crippen LogP contribution is 2.14. The summed E-state index contributed by atoms with van der Waals surface area (Å²) >= 11 is 0. The molecule has 0 aliphatic carbocycles. The molecule has 0 saturated carbocycles. The van der Waals surface area contributed by atoms with E-state index in [1.165, 1.54) is 0 Å². The Bertz CT molecular complexity index is 665. The molecule has 4 nitrogen and oxygen atoms in total. The summed E-state index contributed by atoms with van der Waals surface area (Å²) in [5, 5.41) is 0. The van der Waals surface area contributed by atoms with E-state index in [0.29, 0.717) is 26.1 Å². The first-order chi connectivity index (χ1) is 10.1. The molecule has 0 aliphatic rings. The number of rotatable bonds is 6. The zero-order chi connectivity index (χ0) is 15.2. The van der Waals surface area contributed by atoms with E-state index in [9.17, 15) is 4.79 Å². The van der Waals surface area contributed by atoms with Gasteiger partial charge in [0.15, 0.2) is 6.20 Å². The van der Waals surface area contributed by atoms with Crippen LogP contribution in [-0.4, -0.2) is 17.0 Å². The van der Waals surface area contributed by atoms with Crippen LogP contribution in [0.2, 0.25) is 0 Å². The summed E-state index contributed by atoms with van der Waals surface area (Å²) in [5.74, 6) is 0.181. The van der Waals surface area contributed by atoms with Crippen molar-refractivity contribution >= 4 is 5.78 Å². The fraction of sp³-hybridized carbons (Fsp3) is 0.353. The van der Waals surface area contributed by atoms with E-state index in [4.69, 9.17) is 6.57 Å². The fourth-order valence-electron chi connectivity index (χ4n) is 2.47. The molecule has 2 rings (SSSR count). The molecular weight excluding hydrogens is 342 g/mol. The number of hydrogen-bond donors (Lipinski definition) is 0. The Kier molecular flexibility index (Phi) is 7.00. The zero-order valence-corrected chi connectivity index (χ0v) is 14.5. The molecule has 0 aliphatic heterocycles. The lowest BCUT2D eigenvalue weighted by Crippen LogP contribution is -3.00. The van der Waals surface area contributed by atoms with E-state index in [1.54, 1.807) is 0 Å². The molecule has 0 fully saturated rings. The van der Waals surface area contributed by atoms with Crippen LogP contribution in [0.15, 0.2) is 36.7 Å². The highest BCUT2D eigenvalue weighted by atomic mass is 79.9. The molecule has 0 unspecified atom stereocenters. The maximum atomic E-state index is 12.3. The zero-order valence-electron chi connectivity index (χ0n) is 12.9. The molecular formula is C17H20BrN3O. The second kappa shape index (κ2) is 8.50. The van der Waals surface area contributed by atoms with Gasteiger partial charge >= 0.3 is 0 Å². The SMILES string of the molecule is [Br-].[C-]#[N+]CCn1ccc[n+]1CC(=O)Cc1c(C)cccc1C. The second-order valence-corrected chi connectivity index (χ2v) is 5.22. The predicted octanol–water partition coefficient (Wildman–Crippen LogP) is -0.872. The lowest BCUT2D eigenvalue weighted by atomic mass is 9.98. The van der Waals surface area contributed by atoms with E-state index in [-0.39, 0.29) is 22.8 Å². The summed E-state index contributed by atoms with van der Waals surface area (Å²) in [7, 11) is 0. The summed E-state index contributed by atoms with van der Waals surface area (Å²) in [6.07, 6.45) is 4.24. The lowest BCUT2D eigenvalue weighted by Gasteiger charge is -2.07. The number of carbonyl (C=O) groups is 1. The molecule has 116 valence electrons. The number of halogens is 1. The quantitative estimate of drug-likeness (QED) is 0.485. The van der Waals surface area contributed by atoms with Gasteiger partial charge in [-0.05, 0) is 30.5 Å². The minimum Gasteiger partial charge on any atom is -1.00 e.